The van der Waals surface area contributed by atoms with Crippen LogP contribution in [0.5, 0.6) is 5.75 Å². The van der Waals surface area contributed by atoms with Gasteiger partial charge in [-0.1, -0.05) is 6.07 Å². The normalized spacial score (nSPS) is 15.2. The summed E-state index contributed by atoms with van der Waals surface area (Å²) in [4.78, 5) is 12.0. The quantitative estimate of drug-likeness (QED) is 0.752. The van der Waals surface area contributed by atoms with Crippen molar-refractivity contribution in [3.63, 3.8) is 0 Å². The van der Waals surface area contributed by atoms with E-state index in [0.29, 0.717) is 24.8 Å². The van der Waals surface area contributed by atoms with E-state index in [0.717, 1.165) is 31.4 Å². The molecule has 4 heteroatoms. The van der Waals surface area contributed by atoms with Crippen LogP contribution in [0.25, 0.3) is 0 Å². The van der Waals surface area contributed by atoms with Crippen molar-refractivity contribution in [1.82, 2.24) is 5.32 Å². The molecule has 1 aromatic rings. The summed E-state index contributed by atoms with van der Waals surface area (Å²) in [6.45, 7) is 1.34. The molecule has 0 atom stereocenters. The SMILES string of the molecule is NCCCCNC(=O)c1cccc(OC2CCCC2)c1. The highest BCUT2D eigenvalue weighted by atomic mass is 16.5. The van der Waals surface area contributed by atoms with E-state index in [1.807, 2.05) is 24.3 Å². The van der Waals surface area contributed by atoms with E-state index in [2.05, 4.69) is 5.32 Å². The van der Waals surface area contributed by atoms with Gasteiger partial charge >= 0.3 is 0 Å². The van der Waals surface area contributed by atoms with Crippen molar-refractivity contribution in [3.05, 3.63) is 29.8 Å². The summed E-state index contributed by atoms with van der Waals surface area (Å²) in [5.74, 6) is 0.755. The van der Waals surface area contributed by atoms with Crippen LogP contribution >= 0.6 is 0 Å². The maximum Gasteiger partial charge on any atom is 0.251 e. The van der Waals surface area contributed by atoms with E-state index in [4.69, 9.17) is 10.5 Å². The number of nitrogens with one attached hydrogen (secondary N) is 1. The van der Waals surface area contributed by atoms with Crippen molar-refractivity contribution in [1.29, 1.82) is 0 Å². The third kappa shape index (κ3) is 4.53. The molecule has 0 bridgehead atoms. The first-order chi connectivity index (χ1) is 9.79. The first-order valence-corrected chi connectivity index (χ1v) is 7.54. The van der Waals surface area contributed by atoms with E-state index in [-0.39, 0.29) is 5.91 Å². The standard InChI is InChI=1S/C16H24N2O2/c17-10-3-4-11-18-16(19)13-6-5-9-15(12-13)20-14-7-1-2-8-14/h5-6,9,12,14H,1-4,7-8,10-11,17H2,(H,18,19). The van der Waals surface area contributed by atoms with Crippen molar-refractivity contribution in [2.45, 2.75) is 44.6 Å². The Balaban J connectivity index is 1.86. The van der Waals surface area contributed by atoms with Gasteiger partial charge in [-0.05, 0) is 63.3 Å². The van der Waals surface area contributed by atoms with Gasteiger partial charge in [0.05, 0.1) is 6.10 Å². The minimum Gasteiger partial charge on any atom is -0.490 e. The molecule has 0 spiro atoms. The van der Waals surface area contributed by atoms with Crippen molar-refractivity contribution in [3.8, 4) is 5.75 Å². The van der Waals surface area contributed by atoms with Gasteiger partial charge in [0.1, 0.15) is 5.75 Å². The Morgan fingerprint density at radius 2 is 2.10 bits per heavy atom. The number of amides is 1. The van der Waals surface area contributed by atoms with Gasteiger partial charge in [-0.25, -0.2) is 0 Å². The average molecular weight is 276 g/mol. The van der Waals surface area contributed by atoms with Crippen LogP contribution in [0.15, 0.2) is 24.3 Å². The molecule has 1 aliphatic carbocycles. The molecule has 0 aliphatic heterocycles. The number of rotatable bonds is 7. The summed E-state index contributed by atoms with van der Waals surface area (Å²) in [6, 6.07) is 7.44. The number of unbranched alkanes of at least 4 members (excludes halogenated alkanes) is 1. The fourth-order valence-electron chi connectivity index (χ4n) is 2.48. The van der Waals surface area contributed by atoms with E-state index in [9.17, 15) is 4.79 Å². The highest BCUT2D eigenvalue weighted by molar-refractivity contribution is 5.94. The zero-order valence-corrected chi connectivity index (χ0v) is 11.9. The predicted molar refractivity (Wildman–Crippen MR) is 79.9 cm³/mol. The van der Waals surface area contributed by atoms with Crippen LogP contribution in [-0.2, 0) is 0 Å². The summed E-state index contributed by atoms with van der Waals surface area (Å²) in [6.07, 6.45) is 6.90. The van der Waals surface area contributed by atoms with E-state index < -0.39 is 0 Å². The lowest BCUT2D eigenvalue weighted by Gasteiger charge is -2.13. The molecule has 110 valence electrons. The maximum atomic E-state index is 12.0. The molecule has 1 amide bonds. The molecule has 0 heterocycles. The summed E-state index contributed by atoms with van der Waals surface area (Å²) >= 11 is 0. The van der Waals surface area contributed by atoms with Crippen molar-refractivity contribution in [2.75, 3.05) is 13.1 Å². The lowest BCUT2D eigenvalue weighted by Crippen LogP contribution is -2.25. The van der Waals surface area contributed by atoms with Crippen LogP contribution in [0.4, 0.5) is 0 Å². The largest absolute Gasteiger partial charge is 0.490 e. The lowest BCUT2D eigenvalue weighted by atomic mass is 10.2. The smallest absolute Gasteiger partial charge is 0.251 e. The monoisotopic (exact) mass is 276 g/mol. The Labute approximate surface area is 120 Å². The molecule has 3 N–H and O–H groups in total. The highest BCUT2D eigenvalue weighted by Gasteiger charge is 2.16. The molecule has 0 radical (unpaired) electrons. The van der Waals surface area contributed by atoms with Crippen LogP contribution in [0.1, 0.15) is 48.9 Å². The first-order valence-electron chi connectivity index (χ1n) is 7.54. The Hall–Kier alpha value is -1.55. The van der Waals surface area contributed by atoms with Crippen molar-refractivity contribution < 1.29 is 9.53 Å². The highest BCUT2D eigenvalue weighted by Crippen LogP contribution is 2.24. The van der Waals surface area contributed by atoms with E-state index in [1.165, 1.54) is 12.8 Å². The second-order valence-electron chi connectivity index (χ2n) is 5.30. The van der Waals surface area contributed by atoms with Gasteiger partial charge in [0.2, 0.25) is 0 Å². The number of hydrogen-bond donors (Lipinski definition) is 2. The fraction of sp³-hybridized carbons (Fsp3) is 0.562. The molecular formula is C16H24N2O2. The Bertz CT molecular complexity index is 428. The molecule has 0 saturated heterocycles. The number of hydrogen-bond acceptors (Lipinski definition) is 3. The van der Waals surface area contributed by atoms with Gasteiger partial charge in [-0.2, -0.15) is 0 Å². The molecule has 2 rings (SSSR count). The van der Waals surface area contributed by atoms with Crippen LogP contribution in [0.2, 0.25) is 0 Å². The molecule has 20 heavy (non-hydrogen) atoms. The molecule has 0 unspecified atom stereocenters. The van der Waals surface area contributed by atoms with Gasteiger partial charge in [0.15, 0.2) is 0 Å². The Morgan fingerprint density at radius 3 is 2.85 bits per heavy atom. The molecule has 0 aromatic heterocycles. The topological polar surface area (TPSA) is 64.3 Å². The first kappa shape index (κ1) is 14.9. The molecule has 1 aromatic carbocycles. The number of ether oxygens (including phenoxy) is 1. The minimum atomic E-state index is -0.0427. The van der Waals surface area contributed by atoms with Crippen LogP contribution in [0, 0.1) is 0 Å². The average Bonchev–Trinajstić information content (AvgIpc) is 2.96. The zero-order chi connectivity index (χ0) is 14.2. The molecular weight excluding hydrogens is 252 g/mol. The Morgan fingerprint density at radius 1 is 1.30 bits per heavy atom. The van der Waals surface area contributed by atoms with Crippen molar-refractivity contribution in [2.24, 2.45) is 5.73 Å². The van der Waals surface area contributed by atoms with Gasteiger partial charge < -0.3 is 15.8 Å². The number of carbonyl (C=O) groups excluding carboxylic acids is 1. The lowest BCUT2D eigenvalue weighted by molar-refractivity contribution is 0.0952. The third-order valence-corrected chi connectivity index (χ3v) is 3.62. The van der Waals surface area contributed by atoms with Gasteiger partial charge in [-0.3, -0.25) is 4.79 Å². The van der Waals surface area contributed by atoms with Gasteiger partial charge in [0.25, 0.3) is 5.91 Å². The zero-order valence-electron chi connectivity index (χ0n) is 11.9. The number of nitrogens with two attached hydrogens (primary N) is 1. The van der Waals surface area contributed by atoms with Gasteiger partial charge in [-0.15, -0.1) is 0 Å². The molecule has 1 saturated carbocycles. The maximum absolute atomic E-state index is 12.0. The van der Waals surface area contributed by atoms with Crippen LogP contribution < -0.4 is 15.8 Å². The fourth-order valence-corrected chi connectivity index (χ4v) is 2.48. The van der Waals surface area contributed by atoms with Gasteiger partial charge in [0, 0.05) is 12.1 Å². The van der Waals surface area contributed by atoms with Crippen LogP contribution in [0.3, 0.4) is 0 Å². The third-order valence-electron chi connectivity index (χ3n) is 3.62. The molecule has 1 aliphatic rings. The second-order valence-corrected chi connectivity index (χ2v) is 5.30. The Kier molecular flexibility index (Phi) is 5.87. The van der Waals surface area contributed by atoms with E-state index >= 15 is 0 Å². The molecule has 4 nitrogen and oxygen atoms in total. The van der Waals surface area contributed by atoms with Crippen LogP contribution in [-0.4, -0.2) is 25.1 Å². The summed E-state index contributed by atoms with van der Waals surface area (Å²) in [7, 11) is 0. The molecule has 1 fully saturated rings. The van der Waals surface area contributed by atoms with Crippen molar-refractivity contribution >= 4 is 5.91 Å². The summed E-state index contributed by atoms with van der Waals surface area (Å²) < 4.78 is 5.91. The number of carbonyl (C=O) groups is 1. The predicted octanol–water partition coefficient (Wildman–Crippen LogP) is 2.48. The summed E-state index contributed by atoms with van der Waals surface area (Å²) in [5.41, 5.74) is 6.09. The number of benzene rings is 1. The summed E-state index contributed by atoms with van der Waals surface area (Å²) in [5, 5.41) is 2.90. The second kappa shape index (κ2) is 7.90. The van der Waals surface area contributed by atoms with E-state index in [1.54, 1.807) is 0 Å². The minimum absolute atomic E-state index is 0.0427.